The molecular weight excluding hydrogens is 178 g/mol. The van der Waals surface area contributed by atoms with Gasteiger partial charge in [-0.2, -0.15) is 4.98 Å². The summed E-state index contributed by atoms with van der Waals surface area (Å²) in [6, 6.07) is 0.316. The molecule has 0 saturated carbocycles. The van der Waals surface area contributed by atoms with Crippen molar-refractivity contribution in [3.05, 3.63) is 11.7 Å². The highest BCUT2D eigenvalue weighted by Crippen LogP contribution is 2.23. The maximum Gasteiger partial charge on any atom is 0.229 e. The lowest BCUT2D eigenvalue weighted by molar-refractivity contribution is 0.349. The minimum absolute atomic E-state index is 0.316. The Morgan fingerprint density at radius 2 is 2.50 bits per heavy atom. The van der Waals surface area contributed by atoms with Gasteiger partial charge in [0, 0.05) is 5.92 Å². The zero-order chi connectivity index (χ0) is 9.97. The van der Waals surface area contributed by atoms with Crippen molar-refractivity contribution in [2.24, 2.45) is 0 Å². The fourth-order valence-electron chi connectivity index (χ4n) is 1.67. The summed E-state index contributed by atoms with van der Waals surface area (Å²) in [6.07, 6.45) is 3.37. The SMILES string of the molecule is CCC(C)c1nc(C2CCCN2)no1. The molecule has 0 spiro atoms. The molecule has 2 unspecified atom stereocenters. The highest BCUT2D eigenvalue weighted by atomic mass is 16.5. The van der Waals surface area contributed by atoms with Crippen LogP contribution in [0.2, 0.25) is 0 Å². The van der Waals surface area contributed by atoms with Gasteiger partial charge in [-0.15, -0.1) is 0 Å². The van der Waals surface area contributed by atoms with Gasteiger partial charge in [0.15, 0.2) is 5.82 Å². The zero-order valence-electron chi connectivity index (χ0n) is 8.79. The van der Waals surface area contributed by atoms with Crippen molar-refractivity contribution < 1.29 is 4.52 Å². The summed E-state index contributed by atoms with van der Waals surface area (Å²) in [5, 5.41) is 7.38. The first-order valence-electron chi connectivity index (χ1n) is 5.38. The Hall–Kier alpha value is -0.900. The second kappa shape index (κ2) is 4.09. The highest BCUT2D eigenvalue weighted by Gasteiger charge is 2.22. The molecule has 1 aromatic rings. The Morgan fingerprint density at radius 3 is 3.14 bits per heavy atom. The second-order valence-corrected chi connectivity index (χ2v) is 3.95. The topological polar surface area (TPSA) is 51.0 Å². The number of nitrogens with zero attached hydrogens (tertiary/aromatic N) is 2. The highest BCUT2D eigenvalue weighted by molar-refractivity contribution is 4.99. The van der Waals surface area contributed by atoms with Gasteiger partial charge >= 0.3 is 0 Å². The van der Waals surface area contributed by atoms with Crippen molar-refractivity contribution in [2.45, 2.75) is 45.1 Å². The Morgan fingerprint density at radius 1 is 1.64 bits per heavy atom. The van der Waals surface area contributed by atoms with Crippen LogP contribution in [-0.2, 0) is 0 Å². The standard InChI is InChI=1S/C10H17N3O/c1-3-7(2)10-12-9(13-14-10)8-5-4-6-11-8/h7-8,11H,3-6H2,1-2H3. The lowest BCUT2D eigenvalue weighted by Crippen LogP contribution is -2.14. The first-order chi connectivity index (χ1) is 6.81. The largest absolute Gasteiger partial charge is 0.339 e. The average molecular weight is 195 g/mol. The minimum atomic E-state index is 0.316. The molecule has 0 amide bonds. The molecule has 1 saturated heterocycles. The minimum Gasteiger partial charge on any atom is -0.339 e. The summed E-state index contributed by atoms with van der Waals surface area (Å²) in [5.74, 6) is 1.98. The summed E-state index contributed by atoms with van der Waals surface area (Å²) >= 11 is 0. The van der Waals surface area contributed by atoms with E-state index in [1.54, 1.807) is 0 Å². The van der Waals surface area contributed by atoms with Crippen LogP contribution in [0.5, 0.6) is 0 Å². The molecule has 14 heavy (non-hydrogen) atoms. The van der Waals surface area contributed by atoms with Crippen molar-refractivity contribution in [1.82, 2.24) is 15.5 Å². The molecule has 0 radical (unpaired) electrons. The van der Waals surface area contributed by atoms with Gasteiger partial charge in [0.2, 0.25) is 5.89 Å². The quantitative estimate of drug-likeness (QED) is 0.801. The molecule has 1 fully saturated rings. The van der Waals surface area contributed by atoms with E-state index >= 15 is 0 Å². The van der Waals surface area contributed by atoms with E-state index in [2.05, 4.69) is 29.3 Å². The van der Waals surface area contributed by atoms with Crippen LogP contribution >= 0.6 is 0 Å². The van der Waals surface area contributed by atoms with Crippen molar-refractivity contribution in [3.8, 4) is 0 Å². The average Bonchev–Trinajstić information content (AvgIpc) is 2.86. The lowest BCUT2D eigenvalue weighted by atomic mass is 10.1. The molecule has 1 aromatic heterocycles. The van der Waals surface area contributed by atoms with Gasteiger partial charge in [0.25, 0.3) is 0 Å². The summed E-state index contributed by atoms with van der Waals surface area (Å²) in [5.41, 5.74) is 0. The third-order valence-corrected chi connectivity index (χ3v) is 2.86. The van der Waals surface area contributed by atoms with Gasteiger partial charge in [0.05, 0.1) is 6.04 Å². The molecule has 2 atom stereocenters. The van der Waals surface area contributed by atoms with E-state index in [1.165, 1.54) is 6.42 Å². The van der Waals surface area contributed by atoms with Crippen LogP contribution in [0, 0.1) is 0 Å². The number of aromatic nitrogens is 2. The fraction of sp³-hybridized carbons (Fsp3) is 0.800. The Bertz CT molecular complexity index is 291. The summed E-state index contributed by atoms with van der Waals surface area (Å²) in [7, 11) is 0. The molecule has 2 heterocycles. The van der Waals surface area contributed by atoms with Crippen molar-refractivity contribution in [1.29, 1.82) is 0 Å². The number of hydrogen-bond donors (Lipinski definition) is 1. The zero-order valence-corrected chi connectivity index (χ0v) is 8.79. The van der Waals surface area contributed by atoms with Crippen LogP contribution in [0.3, 0.4) is 0 Å². The molecule has 0 aliphatic carbocycles. The summed E-state index contributed by atoms with van der Waals surface area (Å²) in [4.78, 5) is 4.42. The predicted molar refractivity (Wildman–Crippen MR) is 53.0 cm³/mol. The van der Waals surface area contributed by atoms with Crippen LogP contribution in [0.25, 0.3) is 0 Å². The smallest absolute Gasteiger partial charge is 0.229 e. The van der Waals surface area contributed by atoms with E-state index in [9.17, 15) is 0 Å². The van der Waals surface area contributed by atoms with Crippen LogP contribution in [-0.4, -0.2) is 16.7 Å². The first-order valence-corrected chi connectivity index (χ1v) is 5.38. The van der Waals surface area contributed by atoms with Gasteiger partial charge in [0.1, 0.15) is 0 Å². The fourth-order valence-corrected chi connectivity index (χ4v) is 1.67. The van der Waals surface area contributed by atoms with Crippen molar-refractivity contribution in [3.63, 3.8) is 0 Å². The molecule has 4 nitrogen and oxygen atoms in total. The normalized spacial score (nSPS) is 24.0. The van der Waals surface area contributed by atoms with Crippen LogP contribution in [0.1, 0.15) is 56.8 Å². The molecule has 0 aromatic carbocycles. The van der Waals surface area contributed by atoms with E-state index in [4.69, 9.17) is 4.52 Å². The van der Waals surface area contributed by atoms with Crippen molar-refractivity contribution in [2.75, 3.05) is 6.54 Å². The Labute approximate surface area is 84.1 Å². The van der Waals surface area contributed by atoms with E-state index in [-0.39, 0.29) is 0 Å². The number of rotatable bonds is 3. The van der Waals surface area contributed by atoms with Gasteiger partial charge in [-0.1, -0.05) is 19.0 Å². The molecule has 1 aliphatic heterocycles. The molecule has 4 heteroatoms. The van der Waals surface area contributed by atoms with Crippen LogP contribution in [0.15, 0.2) is 4.52 Å². The number of nitrogens with one attached hydrogen (secondary N) is 1. The third kappa shape index (κ3) is 1.80. The van der Waals surface area contributed by atoms with Gasteiger partial charge in [-0.3, -0.25) is 0 Å². The lowest BCUT2D eigenvalue weighted by Gasteiger charge is -2.02. The third-order valence-electron chi connectivity index (χ3n) is 2.86. The second-order valence-electron chi connectivity index (χ2n) is 3.95. The van der Waals surface area contributed by atoms with E-state index in [0.29, 0.717) is 12.0 Å². The molecule has 1 aliphatic rings. The van der Waals surface area contributed by atoms with Crippen LogP contribution in [0.4, 0.5) is 0 Å². The molecule has 1 N–H and O–H groups in total. The molecule has 0 bridgehead atoms. The Kier molecular flexibility index (Phi) is 2.82. The van der Waals surface area contributed by atoms with Crippen LogP contribution < -0.4 is 5.32 Å². The first kappa shape index (κ1) is 9.65. The Balaban J connectivity index is 2.08. The molecular formula is C10H17N3O. The monoisotopic (exact) mass is 195 g/mol. The van der Waals surface area contributed by atoms with Gasteiger partial charge in [-0.05, 0) is 25.8 Å². The predicted octanol–water partition coefficient (Wildman–Crippen LogP) is 2.01. The van der Waals surface area contributed by atoms with E-state index in [0.717, 1.165) is 31.1 Å². The number of hydrogen-bond acceptors (Lipinski definition) is 4. The van der Waals surface area contributed by atoms with E-state index in [1.807, 2.05) is 0 Å². The van der Waals surface area contributed by atoms with E-state index < -0.39 is 0 Å². The van der Waals surface area contributed by atoms with Gasteiger partial charge < -0.3 is 9.84 Å². The summed E-state index contributed by atoms with van der Waals surface area (Å²) in [6.45, 7) is 5.31. The summed E-state index contributed by atoms with van der Waals surface area (Å²) < 4.78 is 5.23. The van der Waals surface area contributed by atoms with Crippen molar-refractivity contribution >= 4 is 0 Å². The maximum absolute atomic E-state index is 5.23. The maximum atomic E-state index is 5.23. The molecule has 2 rings (SSSR count). The van der Waals surface area contributed by atoms with Gasteiger partial charge in [-0.25, -0.2) is 0 Å². The molecule has 78 valence electrons.